The predicted molar refractivity (Wildman–Crippen MR) is 196 cm³/mol. The molecule has 5 aromatic rings. The highest BCUT2D eigenvalue weighted by Gasteiger charge is 2.23. The smallest absolute Gasteiger partial charge is 0.258 e. The maximum atomic E-state index is 13.7. The van der Waals surface area contributed by atoms with Crippen LogP contribution in [0.3, 0.4) is 0 Å². The van der Waals surface area contributed by atoms with Gasteiger partial charge in [-0.25, -0.2) is 0 Å². The highest BCUT2D eigenvalue weighted by atomic mass is 16.2. The van der Waals surface area contributed by atoms with E-state index in [1.807, 2.05) is 0 Å². The number of amides is 5. The third-order valence-electron chi connectivity index (χ3n) is 8.93. The van der Waals surface area contributed by atoms with Gasteiger partial charge in [-0.05, 0) is 91.0 Å². The molecule has 0 fully saturated rings. The molecule has 10 bridgehead atoms. The topological polar surface area (TPSA) is 102 Å². The van der Waals surface area contributed by atoms with E-state index in [2.05, 4.69) is 0 Å². The summed E-state index contributed by atoms with van der Waals surface area (Å²) in [7, 11) is 8.10. The zero-order valence-corrected chi connectivity index (χ0v) is 28.3. The Labute approximate surface area is 290 Å². The lowest BCUT2D eigenvalue weighted by molar-refractivity contribution is 0.0980. The van der Waals surface area contributed by atoms with Crippen molar-refractivity contribution in [1.82, 2.24) is 0 Å². The van der Waals surface area contributed by atoms with E-state index in [4.69, 9.17) is 0 Å². The average Bonchev–Trinajstić information content (AvgIpc) is 3.17. The standard InChI is InChI=1S/C40H35N5O5/c1-41-31-16-6-12-27(21-31)37(47)43(3)33-18-8-14-29(23-33)39(49)45(5)35-20-10-15-30(25-35)40(50)44(4)34-19-9-13-28(24-34)38(48)42(2)32-17-7-11-26(22-32)36(41)46/h6-25H,1-5H3. The molecule has 0 unspecified atom stereocenters. The summed E-state index contributed by atoms with van der Waals surface area (Å²) in [5, 5.41) is 0. The zero-order chi connectivity index (χ0) is 35.7. The minimum Gasteiger partial charge on any atom is -0.311 e. The molecule has 5 amide bonds. The van der Waals surface area contributed by atoms with Gasteiger partial charge in [-0.15, -0.1) is 0 Å². The molecule has 10 nitrogen and oxygen atoms in total. The normalized spacial score (nSPS) is 14.5. The lowest BCUT2D eigenvalue weighted by Gasteiger charge is -2.22. The monoisotopic (exact) mass is 665 g/mol. The Hall–Kier alpha value is -6.55. The van der Waals surface area contributed by atoms with Gasteiger partial charge in [-0.2, -0.15) is 0 Å². The molecule has 5 aromatic carbocycles. The summed E-state index contributed by atoms with van der Waals surface area (Å²) in [6.07, 6.45) is 0. The maximum absolute atomic E-state index is 13.7. The number of hydrogen-bond acceptors (Lipinski definition) is 5. The third kappa shape index (κ3) is 6.34. The first kappa shape index (κ1) is 33.4. The Morgan fingerprint density at radius 2 is 0.440 bits per heavy atom. The van der Waals surface area contributed by atoms with Crippen LogP contribution in [0, 0.1) is 0 Å². The van der Waals surface area contributed by atoms with Gasteiger partial charge in [0.15, 0.2) is 0 Å². The number of hydrogen-bond donors (Lipinski definition) is 0. The molecule has 0 saturated heterocycles. The van der Waals surface area contributed by atoms with Crippen LogP contribution in [0.5, 0.6) is 0 Å². The van der Waals surface area contributed by atoms with Gasteiger partial charge >= 0.3 is 0 Å². The molecule has 250 valence electrons. The van der Waals surface area contributed by atoms with Crippen LogP contribution in [0.2, 0.25) is 0 Å². The number of carbonyl (C=O) groups is 5. The number of nitrogens with zero attached hydrogens (tertiary/aromatic N) is 5. The van der Waals surface area contributed by atoms with Gasteiger partial charge in [0.2, 0.25) is 0 Å². The lowest BCUT2D eigenvalue weighted by atomic mass is 10.1. The van der Waals surface area contributed by atoms with E-state index >= 15 is 0 Å². The number of anilines is 5. The van der Waals surface area contributed by atoms with Crippen molar-refractivity contribution < 1.29 is 24.0 Å². The van der Waals surface area contributed by atoms with E-state index in [0.29, 0.717) is 56.3 Å². The van der Waals surface area contributed by atoms with Gasteiger partial charge in [0, 0.05) is 91.5 Å². The highest BCUT2D eigenvalue weighted by molar-refractivity contribution is 6.13. The minimum absolute atomic E-state index is 0.336. The van der Waals surface area contributed by atoms with Crippen molar-refractivity contribution in [1.29, 1.82) is 0 Å². The molecular formula is C40H35N5O5. The van der Waals surface area contributed by atoms with Gasteiger partial charge in [-0.1, -0.05) is 30.3 Å². The number of benzene rings is 5. The first-order valence-corrected chi connectivity index (χ1v) is 15.8. The Morgan fingerprint density at radius 3 is 0.600 bits per heavy atom. The van der Waals surface area contributed by atoms with E-state index in [1.54, 1.807) is 157 Å². The molecule has 1 heterocycles. The van der Waals surface area contributed by atoms with E-state index < -0.39 is 0 Å². The van der Waals surface area contributed by atoms with Crippen molar-refractivity contribution in [3.8, 4) is 0 Å². The second-order valence-electron chi connectivity index (χ2n) is 12.1. The van der Waals surface area contributed by atoms with Crippen LogP contribution in [0.15, 0.2) is 121 Å². The summed E-state index contributed by atoms with van der Waals surface area (Å²) in [5.41, 5.74) is 4.21. The Kier molecular flexibility index (Phi) is 9.02. The van der Waals surface area contributed by atoms with E-state index in [-0.39, 0.29) is 29.5 Å². The molecule has 0 aliphatic carbocycles. The summed E-state index contributed by atoms with van der Waals surface area (Å²) in [6, 6.07) is 33.7. The molecule has 0 aromatic heterocycles. The first-order chi connectivity index (χ1) is 23.9. The minimum atomic E-state index is -0.336. The molecule has 0 radical (unpaired) electrons. The fourth-order valence-corrected chi connectivity index (χ4v) is 5.79. The molecule has 0 saturated carbocycles. The van der Waals surface area contributed by atoms with Crippen molar-refractivity contribution in [3.05, 3.63) is 149 Å². The van der Waals surface area contributed by atoms with Crippen molar-refractivity contribution >= 4 is 58.0 Å². The number of carbonyl (C=O) groups excluding carboxylic acids is 5. The van der Waals surface area contributed by atoms with Crippen LogP contribution in [-0.2, 0) is 0 Å². The SMILES string of the molecule is CN1C(=O)c2cccc(c2)N(C)C(=O)c2cccc(c2)N(C)C(=O)c2cccc(c2)N(C)C(=O)c2cccc(c2)N(C)C(=O)c2cccc1c2. The quantitative estimate of drug-likeness (QED) is 0.191. The maximum Gasteiger partial charge on any atom is 0.258 e. The summed E-state index contributed by atoms with van der Waals surface area (Å²) < 4.78 is 0. The largest absolute Gasteiger partial charge is 0.311 e. The van der Waals surface area contributed by atoms with Crippen LogP contribution < -0.4 is 24.5 Å². The van der Waals surface area contributed by atoms with E-state index in [1.165, 1.54) is 24.5 Å². The zero-order valence-electron chi connectivity index (χ0n) is 28.3. The van der Waals surface area contributed by atoms with Gasteiger partial charge in [-0.3, -0.25) is 24.0 Å². The summed E-state index contributed by atoms with van der Waals surface area (Å²) >= 11 is 0. The molecule has 0 atom stereocenters. The van der Waals surface area contributed by atoms with Crippen LogP contribution in [0.25, 0.3) is 0 Å². The molecule has 10 heteroatoms. The lowest BCUT2D eigenvalue weighted by Crippen LogP contribution is -2.30. The molecular weight excluding hydrogens is 630 g/mol. The molecule has 6 rings (SSSR count). The van der Waals surface area contributed by atoms with Crippen molar-refractivity contribution in [2.45, 2.75) is 0 Å². The van der Waals surface area contributed by atoms with Gasteiger partial charge in [0.25, 0.3) is 29.5 Å². The van der Waals surface area contributed by atoms with Crippen LogP contribution >= 0.6 is 0 Å². The predicted octanol–water partition coefficient (Wildman–Crippen LogP) is 6.38. The molecule has 50 heavy (non-hydrogen) atoms. The number of rotatable bonds is 0. The third-order valence-corrected chi connectivity index (χ3v) is 8.93. The molecule has 1 aliphatic heterocycles. The fourth-order valence-electron chi connectivity index (χ4n) is 5.79. The van der Waals surface area contributed by atoms with Crippen LogP contribution in [-0.4, -0.2) is 64.8 Å². The van der Waals surface area contributed by atoms with E-state index in [9.17, 15) is 24.0 Å². The fraction of sp³-hybridized carbons (Fsp3) is 0.125. The summed E-state index contributed by atoms with van der Waals surface area (Å²) in [5.74, 6) is -1.68. The highest BCUT2D eigenvalue weighted by Crippen LogP contribution is 2.27. The second kappa shape index (κ2) is 13.5. The van der Waals surface area contributed by atoms with Gasteiger partial charge in [0.1, 0.15) is 0 Å². The molecule has 0 N–H and O–H groups in total. The Morgan fingerprint density at radius 1 is 0.280 bits per heavy atom. The summed E-state index contributed by atoms with van der Waals surface area (Å²) in [4.78, 5) is 75.7. The van der Waals surface area contributed by atoms with E-state index in [0.717, 1.165) is 0 Å². The van der Waals surface area contributed by atoms with Crippen LogP contribution in [0.4, 0.5) is 28.4 Å². The first-order valence-electron chi connectivity index (χ1n) is 15.8. The molecule has 1 aliphatic rings. The van der Waals surface area contributed by atoms with Crippen molar-refractivity contribution in [3.63, 3.8) is 0 Å². The van der Waals surface area contributed by atoms with Gasteiger partial charge < -0.3 is 24.5 Å². The Bertz CT molecular complexity index is 1820. The number of fused-ring (bicyclic) bond motifs is 10. The second-order valence-corrected chi connectivity index (χ2v) is 12.1. The van der Waals surface area contributed by atoms with Crippen LogP contribution in [0.1, 0.15) is 51.8 Å². The van der Waals surface area contributed by atoms with Crippen molar-refractivity contribution in [2.75, 3.05) is 59.7 Å². The average molecular weight is 666 g/mol. The summed E-state index contributed by atoms with van der Waals surface area (Å²) in [6.45, 7) is 0. The van der Waals surface area contributed by atoms with Crippen molar-refractivity contribution in [2.24, 2.45) is 0 Å². The molecule has 0 spiro atoms. The Balaban J connectivity index is 1.45. The van der Waals surface area contributed by atoms with Gasteiger partial charge in [0.05, 0.1) is 0 Å².